The molecule has 2 aromatic carbocycles. The quantitative estimate of drug-likeness (QED) is 0.395. The Morgan fingerprint density at radius 1 is 1.18 bits per heavy atom. The Labute approximate surface area is 200 Å². The largest absolute Gasteiger partial charge is 0.375 e. The summed E-state index contributed by atoms with van der Waals surface area (Å²) < 4.78 is 0. The second kappa shape index (κ2) is 10.1. The number of benzene rings is 2. The maximum Gasteiger partial charge on any atom is 0.0630 e. The molecule has 0 radical (unpaired) electrons. The lowest BCUT2D eigenvalue weighted by Crippen LogP contribution is -2.32. The molecule has 1 saturated carbocycles. The molecule has 174 valence electrons. The van der Waals surface area contributed by atoms with E-state index in [-0.39, 0.29) is 5.54 Å². The maximum absolute atomic E-state index is 4.50. The molecule has 0 aliphatic heterocycles. The van der Waals surface area contributed by atoms with E-state index >= 15 is 0 Å². The highest BCUT2D eigenvalue weighted by atomic mass is 15.0. The minimum Gasteiger partial charge on any atom is -0.375 e. The van der Waals surface area contributed by atoms with Crippen molar-refractivity contribution < 1.29 is 0 Å². The minimum absolute atomic E-state index is 0.0516. The Morgan fingerprint density at radius 3 is 2.73 bits per heavy atom. The summed E-state index contributed by atoms with van der Waals surface area (Å²) in [6.07, 6.45) is 11.6. The van der Waals surface area contributed by atoms with Crippen molar-refractivity contribution in [1.29, 1.82) is 0 Å². The van der Waals surface area contributed by atoms with Crippen LogP contribution in [0.1, 0.15) is 67.3 Å². The molecule has 2 nitrogen and oxygen atoms in total. The summed E-state index contributed by atoms with van der Waals surface area (Å²) in [7, 11) is 2.03. The van der Waals surface area contributed by atoms with Gasteiger partial charge in [-0.25, -0.2) is 0 Å². The summed E-state index contributed by atoms with van der Waals surface area (Å²) in [6.45, 7) is 12.3. The first-order valence-electron chi connectivity index (χ1n) is 12.6. The van der Waals surface area contributed by atoms with Crippen LogP contribution in [0.4, 0.5) is 0 Å². The molecule has 0 saturated heterocycles. The molecular weight excluding hydrogens is 400 g/mol. The standard InChI is InChI=1S/C31H40N2/c1-22(19-23(2)21-32-5)13-15-26-16-14-24(3)29(20-26)25(4)33-31(17-18-31)30-12-8-10-27-9-6-7-11-28(27)30/h6-7,9,11-14,16,20,23,32-33H,4,8,10,15,17-19,21H2,1-3,5H3/b22-13-. The number of fused-ring (bicyclic) bond motifs is 1. The Morgan fingerprint density at radius 2 is 1.97 bits per heavy atom. The van der Waals surface area contributed by atoms with Crippen molar-refractivity contribution in [3.8, 4) is 0 Å². The van der Waals surface area contributed by atoms with Crippen LogP contribution in [0, 0.1) is 12.8 Å². The van der Waals surface area contributed by atoms with Crippen molar-refractivity contribution >= 4 is 11.3 Å². The van der Waals surface area contributed by atoms with E-state index in [0.29, 0.717) is 5.92 Å². The first kappa shape index (κ1) is 23.6. The summed E-state index contributed by atoms with van der Waals surface area (Å²) in [6, 6.07) is 15.8. The third kappa shape index (κ3) is 5.50. The minimum atomic E-state index is 0.0516. The Balaban J connectivity index is 1.47. The van der Waals surface area contributed by atoms with Crippen LogP contribution in [0.15, 0.2) is 66.8 Å². The summed E-state index contributed by atoms with van der Waals surface area (Å²) in [5.41, 5.74) is 10.9. The molecule has 1 unspecified atom stereocenters. The Hall–Kier alpha value is -2.58. The predicted octanol–water partition coefficient (Wildman–Crippen LogP) is 6.85. The number of rotatable bonds is 10. The van der Waals surface area contributed by atoms with Gasteiger partial charge in [-0.05, 0) is 106 Å². The number of nitrogens with one attached hydrogen (secondary N) is 2. The molecule has 2 aliphatic rings. The summed E-state index contributed by atoms with van der Waals surface area (Å²) in [5.74, 6) is 0.665. The zero-order chi connectivity index (χ0) is 23.4. The van der Waals surface area contributed by atoms with Gasteiger partial charge in [-0.3, -0.25) is 0 Å². The molecule has 4 rings (SSSR count). The maximum atomic E-state index is 4.50. The van der Waals surface area contributed by atoms with Gasteiger partial charge >= 0.3 is 0 Å². The Bertz CT molecular complexity index is 1070. The van der Waals surface area contributed by atoms with Gasteiger partial charge in [0.25, 0.3) is 0 Å². The van der Waals surface area contributed by atoms with Gasteiger partial charge in [-0.15, -0.1) is 0 Å². The van der Waals surface area contributed by atoms with Gasteiger partial charge < -0.3 is 10.6 Å². The van der Waals surface area contributed by atoms with Crippen LogP contribution >= 0.6 is 0 Å². The predicted molar refractivity (Wildman–Crippen MR) is 143 cm³/mol. The lowest BCUT2D eigenvalue weighted by Gasteiger charge is -2.28. The monoisotopic (exact) mass is 440 g/mol. The lowest BCUT2D eigenvalue weighted by molar-refractivity contribution is 0.539. The smallest absolute Gasteiger partial charge is 0.0630 e. The van der Waals surface area contributed by atoms with Crippen LogP contribution in [0.2, 0.25) is 0 Å². The van der Waals surface area contributed by atoms with E-state index in [9.17, 15) is 0 Å². The normalized spacial score (nSPS) is 17.7. The molecule has 0 aromatic heterocycles. The van der Waals surface area contributed by atoms with Gasteiger partial charge in [0.05, 0.1) is 5.54 Å². The molecule has 0 amide bonds. The molecule has 2 heteroatoms. The highest BCUT2D eigenvalue weighted by Gasteiger charge is 2.47. The topological polar surface area (TPSA) is 24.1 Å². The second-order valence-corrected chi connectivity index (χ2v) is 10.3. The third-order valence-corrected chi connectivity index (χ3v) is 7.26. The van der Waals surface area contributed by atoms with Crippen molar-refractivity contribution in [3.05, 3.63) is 94.6 Å². The molecular formula is C31H40N2. The molecule has 1 fully saturated rings. The van der Waals surface area contributed by atoms with E-state index in [1.807, 2.05) is 7.05 Å². The van der Waals surface area contributed by atoms with Gasteiger partial charge in [0, 0.05) is 11.3 Å². The summed E-state index contributed by atoms with van der Waals surface area (Å²) in [4.78, 5) is 0. The molecule has 2 N–H and O–H groups in total. The number of hydrogen-bond donors (Lipinski definition) is 2. The van der Waals surface area contributed by atoms with Crippen LogP contribution in [-0.4, -0.2) is 19.1 Å². The van der Waals surface area contributed by atoms with Crippen molar-refractivity contribution in [3.63, 3.8) is 0 Å². The van der Waals surface area contributed by atoms with Crippen molar-refractivity contribution in [2.45, 2.75) is 64.8 Å². The van der Waals surface area contributed by atoms with E-state index in [2.05, 4.69) is 92.6 Å². The molecule has 33 heavy (non-hydrogen) atoms. The molecule has 2 aromatic rings. The van der Waals surface area contributed by atoms with E-state index in [1.165, 1.54) is 51.8 Å². The average Bonchev–Trinajstić information content (AvgIpc) is 3.58. The van der Waals surface area contributed by atoms with Crippen LogP contribution in [-0.2, 0) is 12.8 Å². The zero-order valence-corrected chi connectivity index (χ0v) is 20.9. The highest BCUT2D eigenvalue weighted by Crippen LogP contribution is 2.50. The average molecular weight is 441 g/mol. The van der Waals surface area contributed by atoms with Crippen LogP contribution in [0.3, 0.4) is 0 Å². The number of hydrogen-bond acceptors (Lipinski definition) is 2. The summed E-state index contributed by atoms with van der Waals surface area (Å²) in [5, 5.41) is 7.16. The second-order valence-electron chi connectivity index (χ2n) is 10.3. The first-order chi connectivity index (χ1) is 15.9. The fourth-order valence-corrected chi connectivity index (χ4v) is 5.35. The number of aryl methyl sites for hydroxylation is 2. The van der Waals surface area contributed by atoms with E-state index in [4.69, 9.17) is 0 Å². The van der Waals surface area contributed by atoms with Gasteiger partial charge in [0.15, 0.2) is 0 Å². The van der Waals surface area contributed by atoms with Crippen LogP contribution < -0.4 is 10.6 Å². The van der Waals surface area contributed by atoms with Crippen LogP contribution in [0.5, 0.6) is 0 Å². The zero-order valence-electron chi connectivity index (χ0n) is 20.9. The van der Waals surface area contributed by atoms with Crippen molar-refractivity contribution in [1.82, 2.24) is 10.6 Å². The van der Waals surface area contributed by atoms with E-state index < -0.39 is 0 Å². The van der Waals surface area contributed by atoms with Crippen molar-refractivity contribution in [2.24, 2.45) is 5.92 Å². The van der Waals surface area contributed by atoms with E-state index in [0.717, 1.165) is 37.9 Å². The van der Waals surface area contributed by atoms with Crippen molar-refractivity contribution in [2.75, 3.05) is 13.6 Å². The third-order valence-electron chi connectivity index (χ3n) is 7.26. The SMILES string of the molecule is C=C(NC1(C2=CCCc3ccccc32)CC1)c1cc(C/C=C(/C)CC(C)CNC)ccc1C. The van der Waals surface area contributed by atoms with Gasteiger partial charge in [0.2, 0.25) is 0 Å². The molecule has 0 bridgehead atoms. The van der Waals surface area contributed by atoms with Gasteiger partial charge in [0.1, 0.15) is 0 Å². The Kier molecular flexibility index (Phi) is 7.24. The fourth-order valence-electron chi connectivity index (χ4n) is 5.35. The van der Waals surface area contributed by atoms with E-state index in [1.54, 1.807) is 0 Å². The fraction of sp³-hybridized carbons (Fsp3) is 0.419. The molecule has 1 atom stereocenters. The highest BCUT2D eigenvalue weighted by molar-refractivity contribution is 5.82. The lowest BCUT2D eigenvalue weighted by atomic mass is 9.85. The first-order valence-corrected chi connectivity index (χ1v) is 12.6. The van der Waals surface area contributed by atoms with Crippen LogP contribution in [0.25, 0.3) is 11.3 Å². The molecule has 0 spiro atoms. The van der Waals surface area contributed by atoms with Gasteiger partial charge in [-0.1, -0.05) is 67.6 Å². The molecule has 0 heterocycles. The molecule has 2 aliphatic carbocycles. The number of allylic oxidation sites excluding steroid dienone is 3. The van der Waals surface area contributed by atoms with Gasteiger partial charge in [-0.2, -0.15) is 0 Å². The summed E-state index contributed by atoms with van der Waals surface area (Å²) >= 11 is 0.